The van der Waals surface area contributed by atoms with E-state index < -0.39 is 40.5 Å². The van der Waals surface area contributed by atoms with E-state index in [2.05, 4.69) is 62.3 Å². The van der Waals surface area contributed by atoms with E-state index in [4.69, 9.17) is 0 Å². The third-order valence-corrected chi connectivity index (χ3v) is 41.7. The van der Waals surface area contributed by atoms with Crippen LogP contribution >= 0.6 is 0 Å². The van der Waals surface area contributed by atoms with Crippen molar-refractivity contribution in [3.63, 3.8) is 0 Å². The van der Waals surface area contributed by atoms with Crippen LogP contribution in [-0.4, -0.2) is 51.0 Å². The zero-order valence-corrected chi connectivity index (χ0v) is 27.2. The van der Waals surface area contributed by atoms with Gasteiger partial charge >= 0.3 is 192 Å². The number of aromatic nitrogens is 3. The normalized spacial score (nSPS) is 13.1. The van der Waals surface area contributed by atoms with Crippen LogP contribution in [-0.2, 0) is 0 Å². The van der Waals surface area contributed by atoms with Crippen LogP contribution < -0.4 is 17.1 Å². The van der Waals surface area contributed by atoms with E-state index in [1.54, 1.807) is 10.6 Å². The molecule has 6 nitrogen and oxygen atoms in total. The monoisotopic (exact) mass is 609 g/mol. The molecule has 1 aromatic heterocycles. The Morgan fingerprint density at radius 2 is 0.533 bits per heavy atom. The van der Waals surface area contributed by atoms with Gasteiger partial charge in [-0.1, -0.05) is 0 Å². The fourth-order valence-corrected chi connectivity index (χ4v) is 28.5. The average Bonchev–Trinajstić information content (AvgIpc) is 2.77. The molecular weight excluding hydrogens is 560 g/mol. The van der Waals surface area contributed by atoms with Crippen molar-refractivity contribution in [2.75, 3.05) is 0 Å². The molecule has 9 heteroatoms. The molecule has 0 aromatic carbocycles. The van der Waals surface area contributed by atoms with Crippen LogP contribution in [0.2, 0.25) is 47.3 Å². The zero-order valence-electron chi connectivity index (χ0n) is 20.9. The second-order valence-electron chi connectivity index (χ2n) is 8.71. The first-order valence-corrected chi connectivity index (χ1v) is 28.3. The Balaban J connectivity index is 4.47. The number of nitrogens with zero attached hydrogens (tertiary/aromatic N) is 3. The summed E-state index contributed by atoms with van der Waals surface area (Å²) in [5, 5.41) is 8.08. The van der Waals surface area contributed by atoms with E-state index in [1.807, 2.05) is 0 Å². The van der Waals surface area contributed by atoms with E-state index in [-0.39, 0.29) is 17.1 Å². The molecule has 0 saturated heterocycles. The van der Waals surface area contributed by atoms with Crippen molar-refractivity contribution >= 4 is 40.5 Å². The molecule has 0 aliphatic rings. The Morgan fingerprint density at radius 1 is 0.400 bits per heavy atom. The van der Waals surface area contributed by atoms with Gasteiger partial charge in [0.1, 0.15) is 0 Å². The minimum absolute atomic E-state index is 0.239. The standard InChI is InChI=1S/C21H45Ge3N3O3/c1-10-22(11-2,12-3)25-19(28)26(23(13-4,14-5)15-6)21(30)27(20(25)29)24(16-7,17-8)18-9/h10-18H2,1-9H3. The first-order chi connectivity index (χ1) is 14.1. The first kappa shape index (κ1) is 28.1. The van der Waals surface area contributed by atoms with Crippen molar-refractivity contribution in [3.05, 3.63) is 31.5 Å². The van der Waals surface area contributed by atoms with E-state index in [1.165, 1.54) is 0 Å². The SMILES string of the molecule is C[CH2][Ge]([CH2]C)([CH2]C)[n]1c(=O)[n]([Ge]([CH2]C)([CH2]C)[CH2]C)c(=O)[n]([Ge]([CH2]C)([CH2]C)[CH2]C)c1=O. The Bertz CT molecular complexity index is 707. The van der Waals surface area contributed by atoms with Crippen molar-refractivity contribution < 1.29 is 0 Å². The molecule has 1 heterocycles. The second kappa shape index (κ2) is 11.3. The Labute approximate surface area is 191 Å². The van der Waals surface area contributed by atoms with Crippen LogP contribution in [0, 0.1) is 0 Å². The Hall–Kier alpha value is 0.0386. The van der Waals surface area contributed by atoms with Crippen LogP contribution in [0.25, 0.3) is 0 Å². The molecule has 0 saturated carbocycles. The summed E-state index contributed by atoms with van der Waals surface area (Å²) in [6, 6.07) is 0. The number of hydrogen-bond donors (Lipinski definition) is 0. The zero-order chi connectivity index (χ0) is 23.3. The van der Waals surface area contributed by atoms with Crippen molar-refractivity contribution in [3.8, 4) is 0 Å². The van der Waals surface area contributed by atoms with Crippen molar-refractivity contribution in [1.82, 2.24) is 10.6 Å². The van der Waals surface area contributed by atoms with Gasteiger partial charge in [0.05, 0.1) is 0 Å². The van der Waals surface area contributed by atoms with Crippen LogP contribution in [0.3, 0.4) is 0 Å². The van der Waals surface area contributed by atoms with Gasteiger partial charge in [0.2, 0.25) is 0 Å². The minimum atomic E-state index is -2.96. The first-order valence-electron chi connectivity index (χ1n) is 12.2. The Kier molecular flexibility index (Phi) is 10.5. The molecule has 0 unspecified atom stereocenters. The molecule has 0 amide bonds. The molecular formula is C21H45Ge3N3O3. The topological polar surface area (TPSA) is 66.0 Å². The van der Waals surface area contributed by atoms with Crippen molar-refractivity contribution in [2.24, 2.45) is 0 Å². The van der Waals surface area contributed by atoms with E-state index in [0.717, 1.165) is 47.3 Å². The fraction of sp³-hybridized carbons (Fsp3) is 0.857. The average molecular weight is 605 g/mol. The van der Waals surface area contributed by atoms with Crippen LogP contribution in [0.4, 0.5) is 0 Å². The maximum absolute atomic E-state index is 14.0. The van der Waals surface area contributed by atoms with Gasteiger partial charge in [-0.05, 0) is 0 Å². The fourth-order valence-electron chi connectivity index (χ4n) is 5.44. The quantitative estimate of drug-likeness (QED) is 0.324. The van der Waals surface area contributed by atoms with Crippen LogP contribution in [0.15, 0.2) is 14.4 Å². The van der Waals surface area contributed by atoms with Crippen molar-refractivity contribution in [2.45, 2.75) is 110 Å². The molecule has 0 N–H and O–H groups in total. The molecule has 0 aliphatic heterocycles. The summed E-state index contributed by atoms with van der Waals surface area (Å²) in [7, 11) is 0. The summed E-state index contributed by atoms with van der Waals surface area (Å²) in [5.41, 5.74) is -0.717. The molecule has 0 bridgehead atoms. The van der Waals surface area contributed by atoms with Gasteiger partial charge < -0.3 is 0 Å². The van der Waals surface area contributed by atoms with E-state index in [9.17, 15) is 14.4 Å². The molecule has 0 radical (unpaired) electrons. The van der Waals surface area contributed by atoms with Gasteiger partial charge in [0, 0.05) is 0 Å². The molecule has 174 valence electrons. The molecule has 0 spiro atoms. The summed E-state index contributed by atoms with van der Waals surface area (Å²) in [6.45, 7) is 19.3. The maximum atomic E-state index is 14.0. The third kappa shape index (κ3) is 4.30. The van der Waals surface area contributed by atoms with Crippen molar-refractivity contribution in [1.29, 1.82) is 0 Å². The molecule has 0 aliphatic carbocycles. The van der Waals surface area contributed by atoms with Crippen LogP contribution in [0.1, 0.15) is 62.3 Å². The molecule has 1 aromatic rings. The predicted octanol–water partition coefficient (Wildman–Crippen LogP) is 4.73. The van der Waals surface area contributed by atoms with Gasteiger partial charge in [-0.25, -0.2) is 0 Å². The predicted molar refractivity (Wildman–Crippen MR) is 137 cm³/mol. The summed E-state index contributed by atoms with van der Waals surface area (Å²) in [4.78, 5) is 42.1. The van der Waals surface area contributed by atoms with E-state index >= 15 is 0 Å². The summed E-state index contributed by atoms with van der Waals surface area (Å²) < 4.78 is 5.18. The third-order valence-electron chi connectivity index (χ3n) is 8.49. The molecule has 0 fully saturated rings. The van der Waals surface area contributed by atoms with E-state index in [0.29, 0.717) is 0 Å². The Morgan fingerprint density at radius 3 is 0.633 bits per heavy atom. The van der Waals surface area contributed by atoms with Gasteiger partial charge in [0.25, 0.3) is 0 Å². The molecule has 30 heavy (non-hydrogen) atoms. The van der Waals surface area contributed by atoms with Gasteiger partial charge in [-0.15, -0.1) is 0 Å². The molecule has 1 rings (SSSR count). The summed E-state index contributed by atoms with van der Waals surface area (Å²) in [5.74, 6) is 0. The molecule has 0 atom stereocenters. The van der Waals surface area contributed by atoms with Crippen LogP contribution in [0.5, 0.6) is 0 Å². The van der Waals surface area contributed by atoms with Gasteiger partial charge in [-0.3, -0.25) is 0 Å². The van der Waals surface area contributed by atoms with Gasteiger partial charge in [-0.2, -0.15) is 0 Å². The summed E-state index contributed by atoms with van der Waals surface area (Å²) >= 11 is -8.89. The van der Waals surface area contributed by atoms with Gasteiger partial charge in [0.15, 0.2) is 0 Å². The number of rotatable bonds is 12. The number of hydrogen-bond acceptors (Lipinski definition) is 3. The second-order valence-corrected chi connectivity index (χ2v) is 40.3. The summed E-state index contributed by atoms with van der Waals surface area (Å²) in [6.07, 6.45) is 0.